The summed E-state index contributed by atoms with van der Waals surface area (Å²) in [7, 11) is 0. The Labute approximate surface area is 201 Å². The number of rotatable bonds is 17. The molecular formula is C24H42K+. The van der Waals surface area contributed by atoms with Crippen molar-refractivity contribution in [1.82, 2.24) is 0 Å². The minimum absolute atomic E-state index is 0. The van der Waals surface area contributed by atoms with E-state index in [-0.39, 0.29) is 51.4 Å². The molecular weight excluding hydrogens is 327 g/mol. The fourth-order valence-electron chi connectivity index (χ4n) is 3.52. The summed E-state index contributed by atoms with van der Waals surface area (Å²) >= 11 is 0. The van der Waals surface area contributed by atoms with E-state index in [0.717, 1.165) is 0 Å². The van der Waals surface area contributed by atoms with Crippen molar-refractivity contribution in [2.24, 2.45) is 0 Å². The maximum Gasteiger partial charge on any atom is 1.00 e. The van der Waals surface area contributed by atoms with Gasteiger partial charge in [-0.3, -0.25) is 0 Å². The molecule has 0 heterocycles. The van der Waals surface area contributed by atoms with Gasteiger partial charge in [-0.25, -0.2) is 0 Å². The SMILES string of the molecule is CCCCCCCCCCCCCCCCCCc1ccccc1.[K+]. The summed E-state index contributed by atoms with van der Waals surface area (Å²) in [6.07, 6.45) is 24.4. The standard InChI is InChI=1S/C24H42.K/c1-2-3-4-5-6-7-8-9-10-11-12-13-14-15-16-18-21-24-22-19-17-20-23-24;/h17,19-20,22-23H,2-16,18,21H2,1H3;/q;+1. The average molecular weight is 370 g/mol. The number of unbranched alkanes of at least 4 members (excludes halogenated alkanes) is 15. The second kappa shape index (κ2) is 21.2. The van der Waals surface area contributed by atoms with Crippen LogP contribution in [0.4, 0.5) is 0 Å². The molecule has 138 valence electrons. The molecule has 0 spiro atoms. The van der Waals surface area contributed by atoms with Gasteiger partial charge in [-0.1, -0.05) is 134 Å². The van der Waals surface area contributed by atoms with Crippen molar-refractivity contribution < 1.29 is 51.4 Å². The number of hydrogen-bond acceptors (Lipinski definition) is 0. The third kappa shape index (κ3) is 18.0. The Hall–Kier alpha value is 0.856. The van der Waals surface area contributed by atoms with E-state index >= 15 is 0 Å². The Kier molecular flexibility index (Phi) is 21.9. The normalized spacial score (nSPS) is 10.6. The molecule has 0 N–H and O–H groups in total. The molecule has 0 saturated carbocycles. The minimum Gasteiger partial charge on any atom is -0.0654 e. The van der Waals surface area contributed by atoms with E-state index in [9.17, 15) is 0 Å². The van der Waals surface area contributed by atoms with Gasteiger partial charge in [-0.05, 0) is 18.4 Å². The Morgan fingerprint density at radius 1 is 0.480 bits per heavy atom. The summed E-state index contributed by atoms with van der Waals surface area (Å²) in [5.41, 5.74) is 1.50. The van der Waals surface area contributed by atoms with Crippen molar-refractivity contribution in [3.8, 4) is 0 Å². The first-order valence-corrected chi connectivity index (χ1v) is 11.0. The zero-order valence-electron chi connectivity index (χ0n) is 17.4. The van der Waals surface area contributed by atoms with E-state index in [0.29, 0.717) is 0 Å². The second-order valence-electron chi connectivity index (χ2n) is 7.54. The monoisotopic (exact) mass is 369 g/mol. The number of hydrogen-bond donors (Lipinski definition) is 0. The third-order valence-corrected chi connectivity index (χ3v) is 5.16. The molecule has 0 bridgehead atoms. The van der Waals surface area contributed by atoms with Gasteiger partial charge in [-0.15, -0.1) is 0 Å². The molecule has 0 nitrogen and oxygen atoms in total. The number of aryl methyl sites for hydroxylation is 1. The Morgan fingerprint density at radius 3 is 1.24 bits per heavy atom. The summed E-state index contributed by atoms with van der Waals surface area (Å²) in [6, 6.07) is 10.9. The van der Waals surface area contributed by atoms with Gasteiger partial charge < -0.3 is 0 Å². The molecule has 1 aromatic rings. The maximum absolute atomic E-state index is 2.30. The third-order valence-electron chi connectivity index (χ3n) is 5.16. The molecule has 0 aliphatic carbocycles. The smallest absolute Gasteiger partial charge is 0.0654 e. The van der Waals surface area contributed by atoms with Crippen molar-refractivity contribution in [3.05, 3.63) is 35.9 Å². The quantitative estimate of drug-likeness (QED) is 0.251. The van der Waals surface area contributed by atoms with Gasteiger partial charge in [0.05, 0.1) is 0 Å². The van der Waals surface area contributed by atoms with Gasteiger partial charge in [0, 0.05) is 0 Å². The fourth-order valence-corrected chi connectivity index (χ4v) is 3.52. The van der Waals surface area contributed by atoms with Crippen LogP contribution in [-0.2, 0) is 6.42 Å². The van der Waals surface area contributed by atoms with Gasteiger partial charge in [0.2, 0.25) is 0 Å². The van der Waals surface area contributed by atoms with Crippen LogP contribution >= 0.6 is 0 Å². The van der Waals surface area contributed by atoms with Crippen LogP contribution in [0.1, 0.15) is 115 Å². The Morgan fingerprint density at radius 2 is 0.840 bits per heavy atom. The molecule has 0 unspecified atom stereocenters. The van der Waals surface area contributed by atoms with E-state index in [2.05, 4.69) is 37.3 Å². The van der Waals surface area contributed by atoms with Crippen LogP contribution in [0.25, 0.3) is 0 Å². The second-order valence-corrected chi connectivity index (χ2v) is 7.54. The zero-order valence-corrected chi connectivity index (χ0v) is 20.5. The summed E-state index contributed by atoms with van der Waals surface area (Å²) < 4.78 is 0. The van der Waals surface area contributed by atoms with Gasteiger partial charge >= 0.3 is 51.4 Å². The fraction of sp³-hybridized carbons (Fsp3) is 0.750. The molecule has 1 heteroatoms. The molecule has 1 aromatic carbocycles. The predicted octanol–water partition coefficient (Wildman–Crippen LogP) is 5.49. The largest absolute Gasteiger partial charge is 1.00 e. The van der Waals surface area contributed by atoms with E-state index in [4.69, 9.17) is 0 Å². The van der Waals surface area contributed by atoms with Crippen LogP contribution in [0.5, 0.6) is 0 Å². The van der Waals surface area contributed by atoms with Gasteiger partial charge in [0.1, 0.15) is 0 Å². The summed E-state index contributed by atoms with van der Waals surface area (Å²) in [6.45, 7) is 2.30. The van der Waals surface area contributed by atoms with Crippen molar-refractivity contribution in [1.29, 1.82) is 0 Å². The van der Waals surface area contributed by atoms with Gasteiger partial charge in [0.25, 0.3) is 0 Å². The molecule has 0 saturated heterocycles. The molecule has 0 aliphatic rings. The minimum atomic E-state index is 0. The van der Waals surface area contributed by atoms with E-state index in [1.165, 1.54) is 115 Å². The Bertz CT molecular complexity index is 346. The van der Waals surface area contributed by atoms with Gasteiger partial charge in [-0.2, -0.15) is 0 Å². The van der Waals surface area contributed by atoms with Crippen LogP contribution in [0.3, 0.4) is 0 Å². The molecule has 0 fully saturated rings. The van der Waals surface area contributed by atoms with Crippen molar-refractivity contribution in [3.63, 3.8) is 0 Å². The first kappa shape index (κ1) is 25.9. The molecule has 0 aromatic heterocycles. The van der Waals surface area contributed by atoms with E-state index in [1.54, 1.807) is 0 Å². The average Bonchev–Trinajstić information content (AvgIpc) is 2.62. The molecule has 0 amide bonds. The summed E-state index contributed by atoms with van der Waals surface area (Å²) in [5, 5.41) is 0. The molecule has 0 aliphatic heterocycles. The van der Waals surface area contributed by atoms with Crippen molar-refractivity contribution >= 4 is 0 Å². The van der Waals surface area contributed by atoms with E-state index in [1.807, 2.05) is 0 Å². The van der Waals surface area contributed by atoms with Crippen LogP contribution in [0.15, 0.2) is 30.3 Å². The first-order chi connectivity index (χ1) is 11.9. The van der Waals surface area contributed by atoms with Crippen LogP contribution in [-0.4, -0.2) is 0 Å². The Balaban J connectivity index is 0.00000576. The summed E-state index contributed by atoms with van der Waals surface area (Å²) in [4.78, 5) is 0. The van der Waals surface area contributed by atoms with Crippen LogP contribution in [0.2, 0.25) is 0 Å². The number of benzene rings is 1. The maximum atomic E-state index is 2.30. The first-order valence-electron chi connectivity index (χ1n) is 11.0. The summed E-state index contributed by atoms with van der Waals surface area (Å²) in [5.74, 6) is 0. The molecule has 25 heavy (non-hydrogen) atoms. The van der Waals surface area contributed by atoms with Crippen LogP contribution < -0.4 is 51.4 Å². The van der Waals surface area contributed by atoms with E-state index < -0.39 is 0 Å². The zero-order chi connectivity index (χ0) is 17.1. The van der Waals surface area contributed by atoms with Crippen LogP contribution in [0, 0.1) is 0 Å². The topological polar surface area (TPSA) is 0 Å². The van der Waals surface area contributed by atoms with Crippen molar-refractivity contribution in [2.75, 3.05) is 0 Å². The van der Waals surface area contributed by atoms with Gasteiger partial charge in [0.15, 0.2) is 0 Å². The molecule has 0 atom stereocenters. The van der Waals surface area contributed by atoms with Crippen molar-refractivity contribution in [2.45, 2.75) is 116 Å². The molecule has 0 radical (unpaired) electrons. The predicted molar refractivity (Wildman–Crippen MR) is 110 cm³/mol. The molecule has 1 rings (SSSR count).